The third kappa shape index (κ3) is 1.46. The zero-order valence-corrected chi connectivity index (χ0v) is 8.38. The predicted octanol–water partition coefficient (Wildman–Crippen LogP) is 2.48. The van der Waals surface area contributed by atoms with Gasteiger partial charge in [-0.2, -0.15) is 0 Å². The first-order chi connectivity index (χ1) is 6.70. The molecule has 72 valence electrons. The number of hydrogen-bond acceptors (Lipinski definition) is 3. The lowest BCUT2D eigenvalue weighted by Gasteiger charge is -2.04. The van der Waals surface area contributed by atoms with E-state index in [9.17, 15) is 0 Å². The third-order valence-electron chi connectivity index (χ3n) is 1.99. The van der Waals surface area contributed by atoms with E-state index < -0.39 is 0 Å². The number of benzene rings is 1. The van der Waals surface area contributed by atoms with Crippen molar-refractivity contribution in [1.82, 2.24) is 4.98 Å². The Hall–Kier alpha value is -1.48. The molecule has 0 spiro atoms. The quantitative estimate of drug-likeness (QED) is 0.783. The van der Waals surface area contributed by atoms with Crippen molar-refractivity contribution in [3.05, 3.63) is 29.3 Å². The van der Waals surface area contributed by atoms with Crippen molar-refractivity contribution in [1.29, 1.82) is 0 Å². The smallest absolute Gasteiger partial charge is 0.125 e. The van der Waals surface area contributed by atoms with Crippen LogP contribution in [0.1, 0.15) is 0 Å². The van der Waals surface area contributed by atoms with Gasteiger partial charge in [-0.15, -0.1) is 0 Å². The molecule has 0 radical (unpaired) electrons. The van der Waals surface area contributed by atoms with Crippen LogP contribution in [0.4, 0.5) is 5.82 Å². The van der Waals surface area contributed by atoms with Crippen LogP contribution in [0.25, 0.3) is 10.9 Å². The second-order valence-electron chi connectivity index (χ2n) is 2.91. The lowest BCUT2D eigenvalue weighted by atomic mass is 10.2. The van der Waals surface area contributed by atoms with Gasteiger partial charge in [0, 0.05) is 5.39 Å². The minimum Gasteiger partial charge on any atom is -0.497 e. The van der Waals surface area contributed by atoms with Crippen molar-refractivity contribution in [3.8, 4) is 5.75 Å². The van der Waals surface area contributed by atoms with E-state index >= 15 is 0 Å². The highest BCUT2D eigenvalue weighted by Gasteiger charge is 2.03. The average Bonchev–Trinajstić information content (AvgIpc) is 2.17. The van der Waals surface area contributed by atoms with Crippen molar-refractivity contribution in [2.24, 2.45) is 0 Å². The van der Waals surface area contributed by atoms with E-state index in [4.69, 9.17) is 22.1 Å². The number of nitrogens with zero attached hydrogens (tertiary/aromatic N) is 1. The molecule has 14 heavy (non-hydrogen) atoms. The number of pyridine rings is 1. The van der Waals surface area contributed by atoms with Crippen LogP contribution in [-0.4, -0.2) is 12.1 Å². The minimum absolute atomic E-state index is 0.424. The third-order valence-corrected chi connectivity index (χ3v) is 2.30. The van der Waals surface area contributed by atoms with E-state index in [2.05, 4.69) is 4.98 Å². The number of nitrogen functional groups attached to an aromatic ring is 1. The summed E-state index contributed by atoms with van der Waals surface area (Å²) in [6.07, 6.45) is 0. The van der Waals surface area contributed by atoms with Crippen LogP contribution < -0.4 is 10.5 Å². The predicted molar refractivity (Wildman–Crippen MR) is 57.7 cm³/mol. The first kappa shape index (κ1) is 9.09. The molecule has 0 fully saturated rings. The number of anilines is 1. The molecule has 3 nitrogen and oxygen atoms in total. The highest BCUT2D eigenvalue weighted by Crippen LogP contribution is 2.27. The Kier molecular flexibility index (Phi) is 2.17. The summed E-state index contributed by atoms with van der Waals surface area (Å²) in [5.41, 5.74) is 6.34. The fourth-order valence-electron chi connectivity index (χ4n) is 1.31. The van der Waals surface area contributed by atoms with Gasteiger partial charge in [0.15, 0.2) is 0 Å². The second kappa shape index (κ2) is 3.35. The molecule has 0 aliphatic carbocycles. The van der Waals surface area contributed by atoms with Crippen LogP contribution in [0.5, 0.6) is 5.75 Å². The van der Waals surface area contributed by atoms with Gasteiger partial charge in [-0.05, 0) is 24.3 Å². The van der Waals surface area contributed by atoms with Crippen LogP contribution in [0.2, 0.25) is 5.02 Å². The molecule has 0 aliphatic heterocycles. The Bertz CT molecular complexity index is 485. The molecule has 0 amide bonds. The fourth-order valence-corrected chi connectivity index (χ4v) is 1.57. The van der Waals surface area contributed by atoms with Gasteiger partial charge in [0.2, 0.25) is 0 Å². The zero-order valence-electron chi connectivity index (χ0n) is 7.62. The molecule has 2 aromatic rings. The monoisotopic (exact) mass is 208 g/mol. The molecule has 0 bridgehead atoms. The largest absolute Gasteiger partial charge is 0.497 e. The summed E-state index contributed by atoms with van der Waals surface area (Å²) in [6, 6.07) is 7.12. The van der Waals surface area contributed by atoms with Crippen molar-refractivity contribution in [2.45, 2.75) is 0 Å². The maximum Gasteiger partial charge on any atom is 0.125 e. The average molecular weight is 209 g/mol. The van der Waals surface area contributed by atoms with Crippen LogP contribution >= 0.6 is 11.6 Å². The number of hydrogen-bond donors (Lipinski definition) is 1. The molecule has 0 unspecified atom stereocenters. The summed E-state index contributed by atoms with van der Waals surface area (Å²) >= 11 is 6.02. The van der Waals surface area contributed by atoms with Gasteiger partial charge in [0.25, 0.3) is 0 Å². The van der Waals surface area contributed by atoms with Crippen LogP contribution in [-0.2, 0) is 0 Å². The molecule has 0 aliphatic rings. The lowest BCUT2D eigenvalue weighted by Crippen LogP contribution is -1.91. The van der Waals surface area contributed by atoms with Gasteiger partial charge >= 0.3 is 0 Å². The van der Waals surface area contributed by atoms with Gasteiger partial charge in [-0.3, -0.25) is 0 Å². The summed E-state index contributed by atoms with van der Waals surface area (Å²) in [7, 11) is 1.61. The highest BCUT2D eigenvalue weighted by atomic mass is 35.5. The van der Waals surface area contributed by atoms with Crippen LogP contribution in [0.3, 0.4) is 0 Å². The van der Waals surface area contributed by atoms with E-state index in [1.165, 1.54) is 0 Å². The molecule has 0 saturated carbocycles. The molecule has 1 aromatic heterocycles. The van der Waals surface area contributed by atoms with Crippen LogP contribution in [0.15, 0.2) is 24.3 Å². The zero-order chi connectivity index (χ0) is 10.1. The number of methoxy groups -OCH3 is 1. The van der Waals surface area contributed by atoms with E-state index in [-0.39, 0.29) is 0 Å². The van der Waals surface area contributed by atoms with Gasteiger partial charge in [0.1, 0.15) is 11.6 Å². The van der Waals surface area contributed by atoms with Gasteiger partial charge in [-0.25, -0.2) is 4.98 Å². The van der Waals surface area contributed by atoms with Gasteiger partial charge in [-0.1, -0.05) is 11.6 Å². The molecular weight excluding hydrogens is 200 g/mol. The molecule has 1 aromatic carbocycles. The van der Waals surface area contributed by atoms with E-state index in [0.717, 1.165) is 16.7 Å². The van der Waals surface area contributed by atoms with Crippen molar-refractivity contribution >= 4 is 28.3 Å². The number of fused-ring (bicyclic) bond motifs is 1. The number of ether oxygens (including phenoxy) is 1. The SMILES string of the molecule is COc1ccc2nc(N)cc(Cl)c2c1. The van der Waals surface area contributed by atoms with Crippen molar-refractivity contribution in [3.63, 3.8) is 0 Å². The molecule has 4 heteroatoms. The summed E-state index contributed by atoms with van der Waals surface area (Å²) in [6.45, 7) is 0. The van der Waals surface area contributed by atoms with Crippen molar-refractivity contribution in [2.75, 3.05) is 12.8 Å². The number of rotatable bonds is 1. The molecule has 2 N–H and O–H groups in total. The molecular formula is C10H9ClN2O. The molecule has 2 rings (SSSR count). The first-order valence-electron chi connectivity index (χ1n) is 4.10. The van der Waals surface area contributed by atoms with E-state index in [1.807, 2.05) is 18.2 Å². The standard InChI is InChI=1S/C10H9ClN2O/c1-14-6-2-3-9-7(4-6)8(11)5-10(12)13-9/h2-5H,1H3,(H2,12,13). The Morgan fingerprint density at radius 2 is 2.14 bits per heavy atom. The summed E-state index contributed by atoms with van der Waals surface area (Å²) in [5.74, 6) is 1.18. The Balaban J connectivity index is 2.75. The molecule has 0 saturated heterocycles. The Morgan fingerprint density at radius 3 is 2.86 bits per heavy atom. The normalized spacial score (nSPS) is 10.4. The number of aromatic nitrogens is 1. The summed E-state index contributed by atoms with van der Waals surface area (Å²) < 4.78 is 5.09. The van der Waals surface area contributed by atoms with Crippen LogP contribution in [0, 0.1) is 0 Å². The van der Waals surface area contributed by atoms with Crippen molar-refractivity contribution < 1.29 is 4.74 Å². The Morgan fingerprint density at radius 1 is 1.36 bits per heavy atom. The number of nitrogens with two attached hydrogens (primary N) is 1. The molecule has 0 atom stereocenters. The second-order valence-corrected chi connectivity index (χ2v) is 3.32. The minimum atomic E-state index is 0.424. The maximum atomic E-state index is 6.02. The topological polar surface area (TPSA) is 48.1 Å². The van der Waals surface area contributed by atoms with Gasteiger partial charge < -0.3 is 10.5 Å². The van der Waals surface area contributed by atoms with E-state index in [1.54, 1.807) is 13.2 Å². The summed E-state index contributed by atoms with van der Waals surface area (Å²) in [4.78, 5) is 4.15. The summed E-state index contributed by atoms with van der Waals surface area (Å²) in [5, 5.41) is 1.44. The van der Waals surface area contributed by atoms with E-state index in [0.29, 0.717) is 10.8 Å². The lowest BCUT2D eigenvalue weighted by molar-refractivity contribution is 0.415. The van der Waals surface area contributed by atoms with Gasteiger partial charge in [0.05, 0.1) is 17.6 Å². The maximum absolute atomic E-state index is 6.02. The first-order valence-corrected chi connectivity index (χ1v) is 4.48. The Labute approximate surface area is 86.5 Å². The number of halogens is 1. The highest BCUT2D eigenvalue weighted by molar-refractivity contribution is 6.35. The molecule has 1 heterocycles. The fraction of sp³-hybridized carbons (Fsp3) is 0.100.